The second-order valence-electron chi connectivity index (χ2n) is 2.96. The van der Waals surface area contributed by atoms with Crippen LogP contribution in [0.2, 0.25) is 0 Å². The van der Waals surface area contributed by atoms with Crippen LogP contribution in [-0.4, -0.2) is 12.1 Å². The summed E-state index contributed by atoms with van der Waals surface area (Å²) in [6.07, 6.45) is -1.09. The molecule has 4 heteroatoms. The van der Waals surface area contributed by atoms with Crippen molar-refractivity contribution in [1.82, 2.24) is 0 Å². The fourth-order valence-electron chi connectivity index (χ4n) is 1.12. The molecule has 0 atom stereocenters. The molecule has 0 saturated carbocycles. The number of hydrogen-bond donors (Lipinski definition) is 1. The lowest BCUT2D eigenvalue weighted by Crippen LogP contribution is -2.19. The lowest BCUT2D eigenvalue weighted by molar-refractivity contribution is 0.0637. The lowest BCUT2D eigenvalue weighted by atomic mass is 10.0. The van der Waals surface area contributed by atoms with Crippen LogP contribution < -0.4 is 5.73 Å². The molecule has 0 fully saturated rings. The van der Waals surface area contributed by atoms with Crippen molar-refractivity contribution in [2.24, 2.45) is 5.73 Å². The first kappa shape index (κ1) is 10.2. The number of amides is 1. The van der Waals surface area contributed by atoms with E-state index in [1.807, 2.05) is 13.0 Å². The average molecular weight is 193 g/mol. The van der Waals surface area contributed by atoms with E-state index >= 15 is 0 Å². The zero-order valence-corrected chi connectivity index (χ0v) is 8.03. The predicted molar refractivity (Wildman–Crippen MR) is 50.9 cm³/mol. The minimum atomic E-state index is -1.09. The van der Waals surface area contributed by atoms with E-state index in [-0.39, 0.29) is 0 Å². The minimum absolute atomic E-state index is 0.365. The second-order valence-corrected chi connectivity index (χ2v) is 2.96. The highest BCUT2D eigenvalue weighted by Gasteiger charge is 2.13. The Bertz CT molecular complexity index is 385. The summed E-state index contributed by atoms with van der Waals surface area (Å²) < 4.78 is 4.27. The zero-order valence-electron chi connectivity index (χ0n) is 8.03. The Kier molecular flexibility index (Phi) is 2.86. The number of primary amides is 1. The van der Waals surface area contributed by atoms with Crippen LogP contribution in [0.5, 0.6) is 0 Å². The van der Waals surface area contributed by atoms with Crippen LogP contribution in [0.4, 0.5) is 4.79 Å². The fraction of sp³-hybridized carbons (Fsp3) is 0.200. The van der Waals surface area contributed by atoms with E-state index in [0.29, 0.717) is 5.56 Å². The Balaban J connectivity index is 3.01. The van der Waals surface area contributed by atoms with Crippen LogP contribution in [0.1, 0.15) is 21.5 Å². The number of aryl methyl sites for hydroxylation is 1. The van der Waals surface area contributed by atoms with E-state index < -0.39 is 12.1 Å². The van der Waals surface area contributed by atoms with Gasteiger partial charge in [0.2, 0.25) is 0 Å². The van der Waals surface area contributed by atoms with Gasteiger partial charge in [-0.15, -0.1) is 0 Å². The molecular formula is C10H11NO3. The molecule has 0 saturated heterocycles. The highest BCUT2D eigenvalue weighted by molar-refractivity contribution is 5.97. The first-order valence-corrected chi connectivity index (χ1v) is 4.10. The standard InChI is InChI=1S/C10H11NO3/c1-6-4-3-5-8(7(6)2)9(12)14-10(11)13/h3-5H,1-2H3,(H2,11,13). The van der Waals surface area contributed by atoms with Crippen LogP contribution >= 0.6 is 0 Å². The molecule has 74 valence electrons. The molecule has 1 amide bonds. The minimum Gasteiger partial charge on any atom is -0.373 e. The van der Waals surface area contributed by atoms with Crippen molar-refractivity contribution in [2.45, 2.75) is 13.8 Å². The van der Waals surface area contributed by atoms with Gasteiger partial charge in [0.05, 0.1) is 5.56 Å². The van der Waals surface area contributed by atoms with E-state index in [2.05, 4.69) is 4.74 Å². The zero-order chi connectivity index (χ0) is 10.7. The van der Waals surface area contributed by atoms with Crippen molar-refractivity contribution in [3.8, 4) is 0 Å². The second kappa shape index (κ2) is 3.91. The molecule has 2 N–H and O–H groups in total. The third-order valence-electron chi connectivity index (χ3n) is 2.02. The van der Waals surface area contributed by atoms with E-state index in [9.17, 15) is 9.59 Å². The van der Waals surface area contributed by atoms with Crippen LogP contribution in [0, 0.1) is 13.8 Å². The van der Waals surface area contributed by atoms with Crippen LogP contribution in [0.3, 0.4) is 0 Å². The quantitative estimate of drug-likeness (QED) is 0.543. The summed E-state index contributed by atoms with van der Waals surface area (Å²) in [7, 11) is 0. The first-order valence-electron chi connectivity index (χ1n) is 4.10. The fourth-order valence-corrected chi connectivity index (χ4v) is 1.12. The molecule has 0 aliphatic heterocycles. The summed E-state index contributed by atoms with van der Waals surface area (Å²) >= 11 is 0. The van der Waals surface area contributed by atoms with Gasteiger partial charge in [-0.05, 0) is 31.0 Å². The number of nitrogens with two attached hydrogens (primary N) is 1. The Morgan fingerprint density at radius 3 is 2.50 bits per heavy atom. The molecule has 14 heavy (non-hydrogen) atoms. The number of carbonyl (C=O) groups excluding carboxylic acids is 2. The van der Waals surface area contributed by atoms with E-state index in [0.717, 1.165) is 11.1 Å². The number of carbonyl (C=O) groups is 2. The van der Waals surface area contributed by atoms with Crippen molar-refractivity contribution in [2.75, 3.05) is 0 Å². The monoisotopic (exact) mass is 193 g/mol. The lowest BCUT2D eigenvalue weighted by Gasteiger charge is -2.05. The van der Waals surface area contributed by atoms with E-state index in [1.165, 1.54) is 0 Å². The summed E-state index contributed by atoms with van der Waals surface area (Å²) in [4.78, 5) is 21.7. The Labute approximate surface area is 81.7 Å². The highest BCUT2D eigenvalue weighted by Crippen LogP contribution is 2.13. The smallest absolute Gasteiger partial charge is 0.373 e. The molecular weight excluding hydrogens is 182 g/mol. The average Bonchev–Trinajstić information content (AvgIpc) is 2.08. The highest BCUT2D eigenvalue weighted by atomic mass is 16.6. The molecule has 0 heterocycles. The van der Waals surface area contributed by atoms with Gasteiger partial charge in [0.25, 0.3) is 0 Å². The number of benzene rings is 1. The Morgan fingerprint density at radius 2 is 1.93 bits per heavy atom. The molecule has 0 spiro atoms. The van der Waals surface area contributed by atoms with Crippen LogP contribution in [0.15, 0.2) is 18.2 Å². The van der Waals surface area contributed by atoms with Gasteiger partial charge in [-0.3, -0.25) is 0 Å². The topological polar surface area (TPSA) is 69.4 Å². The van der Waals surface area contributed by atoms with Gasteiger partial charge < -0.3 is 10.5 Å². The van der Waals surface area contributed by atoms with Crippen molar-refractivity contribution in [1.29, 1.82) is 0 Å². The van der Waals surface area contributed by atoms with Gasteiger partial charge in [-0.2, -0.15) is 0 Å². The summed E-state index contributed by atoms with van der Waals surface area (Å²) in [5, 5.41) is 0. The molecule has 4 nitrogen and oxygen atoms in total. The van der Waals surface area contributed by atoms with Gasteiger partial charge in [0.1, 0.15) is 0 Å². The molecule has 1 aromatic rings. The molecule has 0 unspecified atom stereocenters. The number of rotatable bonds is 1. The number of hydrogen-bond acceptors (Lipinski definition) is 3. The van der Waals surface area contributed by atoms with Gasteiger partial charge in [-0.25, -0.2) is 9.59 Å². The molecule has 0 bridgehead atoms. The van der Waals surface area contributed by atoms with Crippen molar-refractivity contribution >= 4 is 12.1 Å². The van der Waals surface area contributed by atoms with Crippen molar-refractivity contribution < 1.29 is 14.3 Å². The van der Waals surface area contributed by atoms with Crippen molar-refractivity contribution in [3.63, 3.8) is 0 Å². The Hall–Kier alpha value is -1.84. The summed E-state index contributed by atoms with van der Waals surface area (Å²) in [5.41, 5.74) is 6.85. The number of ether oxygens (including phenoxy) is 1. The van der Waals surface area contributed by atoms with Crippen molar-refractivity contribution in [3.05, 3.63) is 34.9 Å². The molecule has 1 aromatic carbocycles. The van der Waals surface area contributed by atoms with Gasteiger partial charge >= 0.3 is 12.1 Å². The predicted octanol–water partition coefficient (Wildman–Crippen LogP) is 1.54. The Morgan fingerprint density at radius 1 is 1.29 bits per heavy atom. The third-order valence-corrected chi connectivity index (χ3v) is 2.02. The maximum absolute atomic E-state index is 11.3. The van der Waals surface area contributed by atoms with Gasteiger partial charge in [0.15, 0.2) is 0 Å². The largest absolute Gasteiger partial charge is 0.412 e. The first-order chi connectivity index (χ1) is 6.52. The van der Waals surface area contributed by atoms with Gasteiger partial charge in [0, 0.05) is 0 Å². The van der Waals surface area contributed by atoms with Gasteiger partial charge in [-0.1, -0.05) is 12.1 Å². The molecule has 0 radical (unpaired) electrons. The SMILES string of the molecule is Cc1cccc(C(=O)OC(N)=O)c1C. The van der Waals surface area contributed by atoms with Crippen LogP contribution in [0.25, 0.3) is 0 Å². The number of esters is 1. The normalized spacial score (nSPS) is 9.57. The maximum Gasteiger partial charge on any atom is 0.412 e. The summed E-state index contributed by atoms with van der Waals surface area (Å²) in [5.74, 6) is -0.710. The molecule has 0 aromatic heterocycles. The van der Waals surface area contributed by atoms with E-state index in [4.69, 9.17) is 5.73 Å². The summed E-state index contributed by atoms with van der Waals surface area (Å²) in [6, 6.07) is 5.18. The molecule has 0 aliphatic carbocycles. The molecule has 0 aliphatic rings. The van der Waals surface area contributed by atoms with Crippen LogP contribution in [-0.2, 0) is 4.74 Å². The maximum atomic E-state index is 11.3. The van der Waals surface area contributed by atoms with E-state index in [1.54, 1.807) is 19.1 Å². The third kappa shape index (κ3) is 2.10. The molecule has 1 rings (SSSR count). The summed E-state index contributed by atoms with van der Waals surface area (Å²) in [6.45, 7) is 3.66.